The molecule has 0 radical (unpaired) electrons. The number of nitrogens with one attached hydrogen (secondary N) is 1. The number of sulfonamides is 1. The average molecular weight is 722 g/mol. The van der Waals surface area contributed by atoms with Crippen molar-refractivity contribution >= 4 is 73.9 Å². The largest absolute Gasteiger partial charge is 0.350 e. The van der Waals surface area contributed by atoms with Crippen molar-refractivity contribution in [3.05, 3.63) is 128 Å². The molecular weight excluding hydrogens is 688 g/mol. The Balaban J connectivity index is 1.84. The van der Waals surface area contributed by atoms with E-state index in [0.717, 1.165) is 9.87 Å². The van der Waals surface area contributed by atoms with Crippen LogP contribution in [0, 0.1) is 0 Å². The average Bonchev–Trinajstić information content (AvgIpc) is 2.98. The van der Waals surface area contributed by atoms with Gasteiger partial charge in [0, 0.05) is 38.6 Å². The van der Waals surface area contributed by atoms with E-state index in [1.807, 2.05) is 51.1 Å². The summed E-state index contributed by atoms with van der Waals surface area (Å²) < 4.78 is 29.2. The van der Waals surface area contributed by atoms with Crippen molar-refractivity contribution in [3.8, 4) is 0 Å². The zero-order chi connectivity index (χ0) is 33.6. The number of benzene rings is 4. The van der Waals surface area contributed by atoms with Crippen LogP contribution in [-0.4, -0.2) is 43.3 Å². The summed E-state index contributed by atoms with van der Waals surface area (Å²) in [4.78, 5) is 29.8. The third-order valence-electron chi connectivity index (χ3n) is 6.90. The first kappa shape index (κ1) is 35.6. The molecule has 4 rings (SSSR count). The van der Waals surface area contributed by atoms with Crippen LogP contribution < -0.4 is 9.62 Å². The van der Waals surface area contributed by atoms with Crippen molar-refractivity contribution in [1.82, 2.24) is 10.2 Å². The molecule has 0 fully saturated rings. The molecule has 7 nitrogen and oxygen atoms in total. The lowest BCUT2D eigenvalue weighted by molar-refractivity contribution is -0.140. The highest BCUT2D eigenvalue weighted by atomic mass is 35.5. The Hall–Kier alpha value is -3.27. The van der Waals surface area contributed by atoms with E-state index in [1.54, 1.807) is 36.4 Å². The summed E-state index contributed by atoms with van der Waals surface area (Å²) in [6, 6.07) is 24.9. The molecule has 1 atom stereocenters. The molecule has 0 unspecified atom stereocenters. The fourth-order valence-corrected chi connectivity index (χ4v) is 6.92. The van der Waals surface area contributed by atoms with Crippen molar-refractivity contribution < 1.29 is 18.0 Å². The standard InChI is InChI=1S/C34H33Cl4N3O4S/c1-34(2,3)39-33(43)31(18-23-8-5-4-6-9-23)40(21-24-12-13-27(37)20-30(24)38)32(42)22-41(28-11-7-10-26(36)19-28)46(44,45)29-16-14-25(35)15-17-29/h4-17,19-20,31H,18,21-22H2,1-3H3,(H,39,43)/t31-/m1/s1. The number of carbonyl (C=O) groups is 2. The maximum Gasteiger partial charge on any atom is 0.264 e. The first-order valence-electron chi connectivity index (χ1n) is 14.3. The van der Waals surface area contributed by atoms with Crippen molar-refractivity contribution in [2.75, 3.05) is 10.8 Å². The van der Waals surface area contributed by atoms with E-state index in [0.29, 0.717) is 20.6 Å². The van der Waals surface area contributed by atoms with Gasteiger partial charge in [0.05, 0.1) is 10.6 Å². The number of carbonyl (C=O) groups excluding carboxylic acids is 2. The number of hydrogen-bond acceptors (Lipinski definition) is 4. The van der Waals surface area contributed by atoms with E-state index in [4.69, 9.17) is 46.4 Å². The van der Waals surface area contributed by atoms with Crippen molar-refractivity contribution in [2.24, 2.45) is 0 Å². The Kier molecular flexibility index (Phi) is 11.7. The predicted molar refractivity (Wildman–Crippen MR) is 186 cm³/mol. The van der Waals surface area contributed by atoms with Gasteiger partial charge in [-0.1, -0.05) is 88.9 Å². The Morgan fingerprint density at radius 3 is 2.02 bits per heavy atom. The van der Waals surface area contributed by atoms with E-state index >= 15 is 0 Å². The minimum absolute atomic E-state index is 0.0803. The van der Waals surface area contributed by atoms with E-state index in [9.17, 15) is 18.0 Å². The lowest BCUT2D eigenvalue weighted by Gasteiger charge is -2.35. The van der Waals surface area contributed by atoms with Crippen molar-refractivity contribution in [2.45, 2.75) is 50.2 Å². The molecule has 12 heteroatoms. The molecule has 0 aliphatic heterocycles. The van der Waals surface area contributed by atoms with Gasteiger partial charge < -0.3 is 10.2 Å². The van der Waals surface area contributed by atoms with Crippen LogP contribution in [0.25, 0.3) is 0 Å². The second-order valence-corrected chi connectivity index (χ2v) is 15.2. The van der Waals surface area contributed by atoms with Crippen LogP contribution in [0.15, 0.2) is 102 Å². The van der Waals surface area contributed by atoms with Gasteiger partial charge >= 0.3 is 0 Å². The van der Waals surface area contributed by atoms with E-state index < -0.39 is 40.0 Å². The van der Waals surface area contributed by atoms with Gasteiger partial charge in [0.1, 0.15) is 12.6 Å². The first-order valence-corrected chi connectivity index (χ1v) is 17.2. The summed E-state index contributed by atoms with van der Waals surface area (Å²) in [5.74, 6) is -1.06. The summed E-state index contributed by atoms with van der Waals surface area (Å²) in [6.07, 6.45) is 0.154. The Bertz CT molecular complexity index is 1800. The van der Waals surface area contributed by atoms with Crippen LogP contribution in [0.5, 0.6) is 0 Å². The van der Waals surface area contributed by atoms with Gasteiger partial charge in [-0.2, -0.15) is 0 Å². The van der Waals surface area contributed by atoms with Crippen LogP contribution in [0.1, 0.15) is 31.9 Å². The second-order valence-electron chi connectivity index (χ2n) is 11.6. The number of hydrogen-bond donors (Lipinski definition) is 1. The molecular formula is C34H33Cl4N3O4S. The molecule has 242 valence electrons. The second kappa shape index (κ2) is 15.1. The maximum absolute atomic E-state index is 14.5. The SMILES string of the molecule is CC(C)(C)NC(=O)[C@@H](Cc1ccccc1)N(Cc1ccc(Cl)cc1Cl)C(=O)CN(c1cccc(Cl)c1)S(=O)(=O)c1ccc(Cl)cc1. The number of nitrogens with zero attached hydrogens (tertiary/aromatic N) is 2. The first-order chi connectivity index (χ1) is 21.6. The third-order valence-corrected chi connectivity index (χ3v) is 9.76. The van der Waals surface area contributed by atoms with Gasteiger partial charge in [0.2, 0.25) is 11.8 Å². The highest BCUT2D eigenvalue weighted by Gasteiger charge is 2.36. The molecule has 1 N–H and O–H groups in total. The van der Waals surface area contributed by atoms with Gasteiger partial charge in [-0.3, -0.25) is 13.9 Å². The quantitative estimate of drug-likeness (QED) is 0.170. The van der Waals surface area contributed by atoms with Crippen LogP contribution in [0.3, 0.4) is 0 Å². The molecule has 0 heterocycles. The van der Waals surface area contributed by atoms with E-state index in [-0.39, 0.29) is 28.6 Å². The summed E-state index contributed by atoms with van der Waals surface area (Å²) in [5.41, 5.74) is 0.871. The molecule has 0 saturated carbocycles. The number of halogens is 4. The van der Waals surface area contributed by atoms with E-state index in [2.05, 4.69) is 5.32 Å². The molecule has 0 aliphatic carbocycles. The summed E-state index contributed by atoms with van der Waals surface area (Å²) in [6.45, 7) is 4.77. The lowest BCUT2D eigenvalue weighted by atomic mass is 10.0. The monoisotopic (exact) mass is 719 g/mol. The number of anilines is 1. The van der Waals surface area contributed by atoms with Crippen LogP contribution in [0.2, 0.25) is 20.1 Å². The fraction of sp³-hybridized carbons (Fsp3) is 0.235. The van der Waals surface area contributed by atoms with E-state index in [1.165, 1.54) is 35.2 Å². The molecule has 0 saturated heterocycles. The zero-order valence-electron chi connectivity index (χ0n) is 25.4. The molecule has 4 aromatic carbocycles. The molecule has 0 bridgehead atoms. The van der Waals surface area contributed by atoms with Gasteiger partial charge in [-0.25, -0.2) is 8.42 Å². The number of amides is 2. The molecule has 4 aromatic rings. The number of rotatable bonds is 11. The summed E-state index contributed by atoms with van der Waals surface area (Å²) >= 11 is 25.0. The molecule has 0 aliphatic rings. The minimum atomic E-state index is -4.31. The smallest absolute Gasteiger partial charge is 0.264 e. The van der Waals surface area contributed by atoms with Crippen molar-refractivity contribution in [3.63, 3.8) is 0 Å². The maximum atomic E-state index is 14.5. The predicted octanol–water partition coefficient (Wildman–Crippen LogP) is 8.05. The Labute approximate surface area is 290 Å². The van der Waals surface area contributed by atoms with Crippen LogP contribution in [-0.2, 0) is 32.6 Å². The van der Waals surface area contributed by atoms with Crippen molar-refractivity contribution in [1.29, 1.82) is 0 Å². The van der Waals surface area contributed by atoms with Gasteiger partial charge in [-0.15, -0.1) is 0 Å². The Morgan fingerprint density at radius 2 is 1.41 bits per heavy atom. The topological polar surface area (TPSA) is 86.8 Å². The molecule has 46 heavy (non-hydrogen) atoms. The Morgan fingerprint density at radius 1 is 0.783 bits per heavy atom. The molecule has 2 amide bonds. The minimum Gasteiger partial charge on any atom is -0.350 e. The zero-order valence-corrected chi connectivity index (χ0v) is 29.2. The normalized spacial score (nSPS) is 12.3. The highest BCUT2D eigenvalue weighted by molar-refractivity contribution is 7.92. The van der Waals surface area contributed by atoms with Gasteiger partial charge in [-0.05, 0) is 86.5 Å². The van der Waals surface area contributed by atoms with Crippen LogP contribution in [0.4, 0.5) is 5.69 Å². The van der Waals surface area contributed by atoms with Crippen LogP contribution >= 0.6 is 46.4 Å². The highest BCUT2D eigenvalue weighted by Crippen LogP contribution is 2.29. The van der Waals surface area contributed by atoms with Gasteiger partial charge in [0.25, 0.3) is 10.0 Å². The molecule has 0 aromatic heterocycles. The third kappa shape index (κ3) is 9.39. The van der Waals surface area contributed by atoms with Gasteiger partial charge in [0.15, 0.2) is 0 Å². The fourth-order valence-electron chi connectivity index (χ4n) is 4.73. The lowest BCUT2D eigenvalue weighted by Crippen LogP contribution is -2.56. The summed E-state index contributed by atoms with van der Waals surface area (Å²) in [5, 5.41) is 4.31. The molecule has 0 spiro atoms. The summed E-state index contributed by atoms with van der Waals surface area (Å²) in [7, 11) is -4.31.